The van der Waals surface area contributed by atoms with Gasteiger partial charge in [-0.1, -0.05) is 25.5 Å². The summed E-state index contributed by atoms with van der Waals surface area (Å²) < 4.78 is 17.8. The number of hydrogen-bond donors (Lipinski definition) is 0. The van der Waals surface area contributed by atoms with E-state index in [0.717, 1.165) is 18.4 Å². The van der Waals surface area contributed by atoms with E-state index in [1.807, 2.05) is 0 Å². The standard InChI is InChI=1S/C13H17FO2/c1-2-3-8-16-10-13(15)9-11-4-6-12(14)7-5-11/h4-7H,2-3,8-10H2,1H3. The van der Waals surface area contributed by atoms with Gasteiger partial charge in [-0.25, -0.2) is 4.39 Å². The van der Waals surface area contributed by atoms with Crippen molar-refractivity contribution in [3.8, 4) is 0 Å². The van der Waals surface area contributed by atoms with Crippen molar-refractivity contribution in [2.75, 3.05) is 13.2 Å². The van der Waals surface area contributed by atoms with E-state index in [1.165, 1.54) is 12.1 Å². The molecule has 0 radical (unpaired) electrons. The summed E-state index contributed by atoms with van der Waals surface area (Å²) in [6.45, 7) is 2.85. The van der Waals surface area contributed by atoms with Crippen LogP contribution in [0.25, 0.3) is 0 Å². The highest BCUT2D eigenvalue weighted by atomic mass is 19.1. The second-order valence-electron chi connectivity index (χ2n) is 3.75. The molecule has 1 rings (SSSR count). The van der Waals surface area contributed by atoms with E-state index in [-0.39, 0.29) is 18.2 Å². The molecule has 1 aromatic carbocycles. The van der Waals surface area contributed by atoms with E-state index >= 15 is 0 Å². The minimum absolute atomic E-state index is 0.0303. The lowest BCUT2D eigenvalue weighted by molar-refractivity contribution is -0.122. The summed E-state index contributed by atoms with van der Waals surface area (Å²) in [6.07, 6.45) is 2.35. The molecular formula is C13H17FO2. The van der Waals surface area contributed by atoms with Crippen LogP contribution in [0, 0.1) is 5.82 Å². The molecule has 3 heteroatoms. The molecule has 0 aliphatic heterocycles. The first-order chi connectivity index (χ1) is 7.72. The first kappa shape index (κ1) is 12.8. The second kappa shape index (κ2) is 7.12. The van der Waals surface area contributed by atoms with Crippen LogP contribution < -0.4 is 0 Å². The van der Waals surface area contributed by atoms with Crippen molar-refractivity contribution in [2.45, 2.75) is 26.2 Å². The van der Waals surface area contributed by atoms with E-state index in [4.69, 9.17) is 4.74 Å². The number of rotatable bonds is 7. The molecule has 0 saturated carbocycles. The molecule has 0 aliphatic rings. The first-order valence-electron chi connectivity index (χ1n) is 5.56. The summed E-state index contributed by atoms with van der Waals surface area (Å²) >= 11 is 0. The van der Waals surface area contributed by atoms with Crippen molar-refractivity contribution in [2.24, 2.45) is 0 Å². The third kappa shape index (κ3) is 5.03. The summed E-state index contributed by atoms with van der Waals surface area (Å²) in [5.41, 5.74) is 0.825. The predicted octanol–water partition coefficient (Wildman–Crippen LogP) is 2.75. The van der Waals surface area contributed by atoms with Crippen molar-refractivity contribution in [1.29, 1.82) is 0 Å². The van der Waals surface area contributed by atoms with Gasteiger partial charge in [0.05, 0.1) is 0 Å². The maximum Gasteiger partial charge on any atom is 0.162 e. The Balaban J connectivity index is 2.26. The number of hydrogen-bond acceptors (Lipinski definition) is 2. The molecule has 0 amide bonds. The normalized spacial score (nSPS) is 10.4. The SMILES string of the molecule is CCCCOCC(=O)Cc1ccc(F)cc1. The molecular weight excluding hydrogens is 207 g/mol. The highest BCUT2D eigenvalue weighted by Crippen LogP contribution is 2.04. The van der Waals surface area contributed by atoms with Gasteiger partial charge in [-0.15, -0.1) is 0 Å². The van der Waals surface area contributed by atoms with Crippen LogP contribution in [0.3, 0.4) is 0 Å². The minimum atomic E-state index is -0.282. The Kier molecular flexibility index (Phi) is 5.72. The van der Waals surface area contributed by atoms with E-state index < -0.39 is 0 Å². The lowest BCUT2D eigenvalue weighted by atomic mass is 10.1. The number of benzene rings is 1. The Labute approximate surface area is 95.4 Å². The summed E-state index contributed by atoms with van der Waals surface area (Å²) in [5, 5.41) is 0. The van der Waals surface area contributed by atoms with Gasteiger partial charge in [-0.3, -0.25) is 4.79 Å². The lowest BCUT2D eigenvalue weighted by Gasteiger charge is -2.03. The predicted molar refractivity (Wildman–Crippen MR) is 60.8 cm³/mol. The van der Waals surface area contributed by atoms with Gasteiger partial charge in [0, 0.05) is 13.0 Å². The summed E-state index contributed by atoms with van der Waals surface area (Å²) in [6, 6.07) is 5.97. The van der Waals surface area contributed by atoms with Crippen molar-refractivity contribution >= 4 is 5.78 Å². The van der Waals surface area contributed by atoms with Crippen molar-refractivity contribution in [3.63, 3.8) is 0 Å². The molecule has 0 fully saturated rings. The highest BCUT2D eigenvalue weighted by Gasteiger charge is 2.03. The monoisotopic (exact) mass is 224 g/mol. The number of ether oxygens (including phenoxy) is 1. The van der Waals surface area contributed by atoms with Gasteiger partial charge in [-0.05, 0) is 24.1 Å². The lowest BCUT2D eigenvalue weighted by Crippen LogP contribution is -2.12. The number of carbonyl (C=O) groups excluding carboxylic acids is 1. The molecule has 0 spiro atoms. The topological polar surface area (TPSA) is 26.3 Å². The Bertz CT molecular complexity index is 319. The van der Waals surface area contributed by atoms with Gasteiger partial charge in [0.1, 0.15) is 12.4 Å². The zero-order valence-corrected chi connectivity index (χ0v) is 9.54. The average molecular weight is 224 g/mol. The molecule has 0 bridgehead atoms. The number of Topliss-reactive ketones (excluding diaryl/α,β-unsaturated/α-hetero) is 1. The maximum absolute atomic E-state index is 12.6. The van der Waals surface area contributed by atoms with Crippen LogP contribution >= 0.6 is 0 Å². The summed E-state index contributed by atoms with van der Waals surface area (Å²) in [7, 11) is 0. The van der Waals surface area contributed by atoms with Gasteiger partial charge in [-0.2, -0.15) is 0 Å². The molecule has 0 N–H and O–H groups in total. The van der Waals surface area contributed by atoms with Gasteiger partial charge in [0.15, 0.2) is 5.78 Å². The molecule has 88 valence electrons. The van der Waals surface area contributed by atoms with E-state index in [1.54, 1.807) is 12.1 Å². The van der Waals surface area contributed by atoms with Gasteiger partial charge >= 0.3 is 0 Å². The van der Waals surface area contributed by atoms with Crippen LogP contribution in [0.15, 0.2) is 24.3 Å². The number of carbonyl (C=O) groups is 1. The zero-order valence-electron chi connectivity index (χ0n) is 9.54. The number of halogens is 1. The summed E-state index contributed by atoms with van der Waals surface area (Å²) in [4.78, 5) is 11.4. The maximum atomic E-state index is 12.6. The van der Waals surface area contributed by atoms with Crippen LogP contribution in [-0.4, -0.2) is 19.0 Å². The largest absolute Gasteiger partial charge is 0.374 e. The Hall–Kier alpha value is -1.22. The van der Waals surface area contributed by atoms with E-state index in [9.17, 15) is 9.18 Å². The van der Waals surface area contributed by atoms with Crippen LogP contribution in [0.2, 0.25) is 0 Å². The zero-order chi connectivity index (χ0) is 11.8. The fourth-order valence-electron chi connectivity index (χ4n) is 1.31. The second-order valence-corrected chi connectivity index (χ2v) is 3.75. The van der Waals surface area contributed by atoms with Crippen LogP contribution in [-0.2, 0) is 16.0 Å². The molecule has 0 atom stereocenters. The third-order valence-electron chi connectivity index (χ3n) is 2.22. The number of ketones is 1. The van der Waals surface area contributed by atoms with E-state index in [2.05, 4.69) is 6.92 Å². The van der Waals surface area contributed by atoms with Crippen molar-refractivity contribution in [1.82, 2.24) is 0 Å². The highest BCUT2D eigenvalue weighted by molar-refractivity contribution is 5.82. The van der Waals surface area contributed by atoms with Crippen LogP contribution in [0.4, 0.5) is 4.39 Å². The third-order valence-corrected chi connectivity index (χ3v) is 2.22. The van der Waals surface area contributed by atoms with Crippen molar-refractivity contribution < 1.29 is 13.9 Å². The molecule has 0 unspecified atom stereocenters. The molecule has 0 heterocycles. The Morgan fingerprint density at radius 2 is 2.00 bits per heavy atom. The molecule has 1 aromatic rings. The van der Waals surface area contributed by atoms with Crippen LogP contribution in [0.5, 0.6) is 0 Å². The fourth-order valence-corrected chi connectivity index (χ4v) is 1.31. The first-order valence-corrected chi connectivity index (χ1v) is 5.56. The summed E-state index contributed by atoms with van der Waals surface area (Å²) in [5.74, 6) is -0.252. The van der Waals surface area contributed by atoms with Crippen molar-refractivity contribution in [3.05, 3.63) is 35.6 Å². The smallest absolute Gasteiger partial charge is 0.162 e. The average Bonchev–Trinajstić information content (AvgIpc) is 2.28. The van der Waals surface area contributed by atoms with E-state index in [0.29, 0.717) is 13.0 Å². The number of unbranched alkanes of at least 4 members (excludes halogenated alkanes) is 1. The van der Waals surface area contributed by atoms with Crippen LogP contribution in [0.1, 0.15) is 25.3 Å². The molecule has 2 nitrogen and oxygen atoms in total. The molecule has 0 aromatic heterocycles. The van der Waals surface area contributed by atoms with Gasteiger partial charge < -0.3 is 4.74 Å². The van der Waals surface area contributed by atoms with Gasteiger partial charge in [0.25, 0.3) is 0 Å². The Morgan fingerprint density at radius 3 is 2.62 bits per heavy atom. The fraction of sp³-hybridized carbons (Fsp3) is 0.462. The van der Waals surface area contributed by atoms with Gasteiger partial charge in [0.2, 0.25) is 0 Å². The quantitative estimate of drug-likeness (QED) is 0.666. The Morgan fingerprint density at radius 1 is 1.31 bits per heavy atom. The minimum Gasteiger partial charge on any atom is -0.374 e. The molecule has 0 saturated heterocycles. The molecule has 16 heavy (non-hydrogen) atoms. The molecule has 0 aliphatic carbocycles.